The maximum Gasteiger partial charge on any atom is 0.0704 e. The quantitative estimate of drug-likeness (QED) is 0.903. The molecule has 1 saturated carbocycles. The monoisotopic (exact) mass is 254 g/mol. The van der Waals surface area contributed by atoms with Crippen LogP contribution in [0, 0.1) is 5.92 Å². The molecule has 0 unspecified atom stereocenters. The van der Waals surface area contributed by atoms with Gasteiger partial charge in [0.15, 0.2) is 0 Å². The van der Waals surface area contributed by atoms with E-state index in [-0.39, 0.29) is 0 Å². The molecule has 19 heavy (non-hydrogen) atoms. The molecule has 1 aromatic heterocycles. The molecule has 100 valence electrons. The second kappa shape index (κ2) is 5.70. The summed E-state index contributed by atoms with van der Waals surface area (Å²) in [7, 11) is 0. The number of nitrogens with two attached hydrogens (primary N) is 1. The highest BCUT2D eigenvalue weighted by molar-refractivity contribution is 5.82. The minimum atomic E-state index is 0.710. The molecule has 0 aliphatic heterocycles. The van der Waals surface area contributed by atoms with E-state index in [0.717, 1.165) is 18.0 Å². The molecule has 2 nitrogen and oxygen atoms in total. The second-order valence-electron chi connectivity index (χ2n) is 5.71. The Bertz CT molecular complexity index is 536. The highest BCUT2D eigenvalue weighted by Gasteiger charge is 2.23. The van der Waals surface area contributed by atoms with Gasteiger partial charge in [-0.25, -0.2) is 0 Å². The zero-order chi connectivity index (χ0) is 13.1. The van der Waals surface area contributed by atoms with Gasteiger partial charge in [-0.3, -0.25) is 4.98 Å². The third-order valence-corrected chi connectivity index (χ3v) is 4.54. The molecule has 0 bridgehead atoms. The van der Waals surface area contributed by atoms with Crippen molar-refractivity contribution in [2.24, 2.45) is 11.7 Å². The smallest absolute Gasteiger partial charge is 0.0704 e. The standard InChI is InChI=1S/C17H22N2/c18-11-9-13-5-7-14(8-6-13)15-10-12-19-17-4-2-1-3-16(15)17/h1-4,10,12-14H,5-9,11,18H2. The van der Waals surface area contributed by atoms with Crippen LogP contribution in [0.1, 0.15) is 43.6 Å². The SMILES string of the molecule is NCCC1CCC(c2ccnc3ccccc23)CC1. The van der Waals surface area contributed by atoms with Crippen LogP contribution in [0.25, 0.3) is 10.9 Å². The Morgan fingerprint density at radius 2 is 1.84 bits per heavy atom. The molecule has 0 saturated heterocycles. The number of para-hydroxylation sites is 1. The summed E-state index contributed by atoms with van der Waals surface area (Å²) in [5.74, 6) is 1.57. The zero-order valence-corrected chi connectivity index (χ0v) is 11.4. The van der Waals surface area contributed by atoms with Crippen LogP contribution in [0.3, 0.4) is 0 Å². The predicted octanol–water partition coefficient (Wildman–Crippen LogP) is 3.86. The van der Waals surface area contributed by atoms with E-state index in [9.17, 15) is 0 Å². The number of fused-ring (bicyclic) bond motifs is 1. The van der Waals surface area contributed by atoms with E-state index in [1.54, 1.807) is 0 Å². The van der Waals surface area contributed by atoms with E-state index in [1.807, 2.05) is 6.20 Å². The van der Waals surface area contributed by atoms with E-state index in [4.69, 9.17) is 5.73 Å². The summed E-state index contributed by atoms with van der Waals surface area (Å²) in [5, 5.41) is 1.34. The molecule has 1 heterocycles. The molecule has 1 aliphatic carbocycles. The number of benzene rings is 1. The number of hydrogen-bond donors (Lipinski definition) is 1. The lowest BCUT2D eigenvalue weighted by Crippen LogP contribution is -2.16. The Hall–Kier alpha value is -1.41. The molecular formula is C17H22N2. The first-order valence-corrected chi connectivity index (χ1v) is 7.42. The van der Waals surface area contributed by atoms with Crippen LogP contribution in [-0.4, -0.2) is 11.5 Å². The van der Waals surface area contributed by atoms with Crippen LogP contribution in [0.4, 0.5) is 0 Å². The Morgan fingerprint density at radius 1 is 1.05 bits per heavy atom. The maximum absolute atomic E-state index is 5.67. The van der Waals surface area contributed by atoms with Gasteiger partial charge in [0.25, 0.3) is 0 Å². The molecule has 0 atom stereocenters. The fourth-order valence-electron chi connectivity index (χ4n) is 3.47. The van der Waals surface area contributed by atoms with Gasteiger partial charge >= 0.3 is 0 Å². The lowest BCUT2D eigenvalue weighted by Gasteiger charge is -2.29. The first kappa shape index (κ1) is 12.6. The van der Waals surface area contributed by atoms with Crippen LogP contribution in [-0.2, 0) is 0 Å². The average molecular weight is 254 g/mol. The summed E-state index contributed by atoms with van der Waals surface area (Å²) in [6, 6.07) is 10.7. The second-order valence-corrected chi connectivity index (χ2v) is 5.71. The van der Waals surface area contributed by atoms with Crippen molar-refractivity contribution in [3.8, 4) is 0 Å². The van der Waals surface area contributed by atoms with Crippen molar-refractivity contribution in [1.29, 1.82) is 0 Å². The summed E-state index contributed by atoms with van der Waals surface area (Å²) >= 11 is 0. The highest BCUT2D eigenvalue weighted by Crippen LogP contribution is 2.38. The van der Waals surface area contributed by atoms with Crippen LogP contribution < -0.4 is 5.73 Å². The Labute approximate surface area is 115 Å². The third-order valence-electron chi connectivity index (χ3n) is 4.54. The van der Waals surface area contributed by atoms with Crippen molar-refractivity contribution in [2.75, 3.05) is 6.54 Å². The minimum absolute atomic E-state index is 0.710. The van der Waals surface area contributed by atoms with Crippen LogP contribution in [0.5, 0.6) is 0 Å². The summed E-state index contributed by atoms with van der Waals surface area (Å²) in [6.07, 6.45) is 8.43. The van der Waals surface area contributed by atoms with Crippen molar-refractivity contribution >= 4 is 10.9 Å². The van der Waals surface area contributed by atoms with Crippen molar-refractivity contribution in [1.82, 2.24) is 4.98 Å². The first-order valence-electron chi connectivity index (χ1n) is 7.42. The number of hydrogen-bond acceptors (Lipinski definition) is 2. The van der Waals surface area contributed by atoms with E-state index < -0.39 is 0 Å². The molecule has 1 aromatic carbocycles. The molecular weight excluding hydrogens is 232 g/mol. The molecule has 2 heteroatoms. The molecule has 3 rings (SSSR count). The highest BCUT2D eigenvalue weighted by atomic mass is 14.6. The van der Waals surface area contributed by atoms with E-state index in [2.05, 4.69) is 35.3 Å². The fourth-order valence-corrected chi connectivity index (χ4v) is 3.47. The Balaban J connectivity index is 1.82. The van der Waals surface area contributed by atoms with Gasteiger partial charge in [0.1, 0.15) is 0 Å². The maximum atomic E-state index is 5.67. The van der Waals surface area contributed by atoms with Crippen LogP contribution >= 0.6 is 0 Å². The van der Waals surface area contributed by atoms with E-state index in [1.165, 1.54) is 43.1 Å². The van der Waals surface area contributed by atoms with Gasteiger partial charge in [-0.15, -0.1) is 0 Å². The Morgan fingerprint density at radius 3 is 2.63 bits per heavy atom. The first-order chi connectivity index (χ1) is 9.38. The van der Waals surface area contributed by atoms with Gasteiger partial charge in [-0.05, 0) is 68.2 Å². The molecule has 2 N–H and O–H groups in total. The predicted molar refractivity (Wildman–Crippen MR) is 80.1 cm³/mol. The zero-order valence-electron chi connectivity index (χ0n) is 11.4. The number of aromatic nitrogens is 1. The molecule has 2 aromatic rings. The van der Waals surface area contributed by atoms with Gasteiger partial charge in [-0.2, -0.15) is 0 Å². The molecule has 0 amide bonds. The van der Waals surface area contributed by atoms with Crippen molar-refractivity contribution in [3.63, 3.8) is 0 Å². The van der Waals surface area contributed by atoms with Crippen molar-refractivity contribution in [3.05, 3.63) is 42.1 Å². The van der Waals surface area contributed by atoms with Gasteiger partial charge in [-0.1, -0.05) is 18.2 Å². The Kier molecular flexibility index (Phi) is 3.79. The summed E-state index contributed by atoms with van der Waals surface area (Å²) < 4.78 is 0. The van der Waals surface area contributed by atoms with Gasteiger partial charge in [0, 0.05) is 11.6 Å². The van der Waals surface area contributed by atoms with Gasteiger partial charge < -0.3 is 5.73 Å². The van der Waals surface area contributed by atoms with Gasteiger partial charge in [0.05, 0.1) is 5.52 Å². The summed E-state index contributed by atoms with van der Waals surface area (Å²) in [6.45, 7) is 0.841. The van der Waals surface area contributed by atoms with E-state index >= 15 is 0 Å². The van der Waals surface area contributed by atoms with Gasteiger partial charge in [0.2, 0.25) is 0 Å². The largest absolute Gasteiger partial charge is 0.330 e. The summed E-state index contributed by atoms with van der Waals surface area (Å²) in [4.78, 5) is 4.46. The summed E-state index contributed by atoms with van der Waals surface area (Å²) in [5.41, 5.74) is 8.30. The van der Waals surface area contributed by atoms with Crippen molar-refractivity contribution in [2.45, 2.75) is 38.0 Å². The fraction of sp³-hybridized carbons (Fsp3) is 0.471. The minimum Gasteiger partial charge on any atom is -0.330 e. The third kappa shape index (κ3) is 2.64. The number of pyridine rings is 1. The lowest BCUT2D eigenvalue weighted by atomic mass is 9.77. The topological polar surface area (TPSA) is 38.9 Å². The lowest BCUT2D eigenvalue weighted by molar-refractivity contribution is 0.314. The van der Waals surface area contributed by atoms with Crippen LogP contribution in [0.2, 0.25) is 0 Å². The molecule has 0 spiro atoms. The molecule has 1 aliphatic rings. The van der Waals surface area contributed by atoms with Crippen molar-refractivity contribution < 1.29 is 0 Å². The molecule has 1 fully saturated rings. The molecule has 0 radical (unpaired) electrons. The average Bonchev–Trinajstić information content (AvgIpc) is 2.48. The normalized spacial score (nSPS) is 23.6. The number of nitrogens with zero attached hydrogens (tertiary/aromatic N) is 1. The number of rotatable bonds is 3. The van der Waals surface area contributed by atoms with E-state index in [0.29, 0.717) is 5.92 Å². The van der Waals surface area contributed by atoms with Crippen LogP contribution in [0.15, 0.2) is 36.5 Å².